The molecule has 0 aliphatic carbocycles. The van der Waals surface area contributed by atoms with E-state index in [0.29, 0.717) is 45.2 Å². The highest BCUT2D eigenvalue weighted by atomic mass is 16.5. The van der Waals surface area contributed by atoms with Gasteiger partial charge >= 0.3 is 0 Å². The number of aryl methyl sites for hydroxylation is 1. The van der Waals surface area contributed by atoms with Gasteiger partial charge in [0.1, 0.15) is 11.5 Å². The molecule has 1 heterocycles. The van der Waals surface area contributed by atoms with Gasteiger partial charge in [-0.2, -0.15) is 5.26 Å². The maximum absolute atomic E-state index is 13.4. The normalized spacial score (nSPS) is 16.5. The van der Waals surface area contributed by atoms with Crippen molar-refractivity contribution in [1.82, 2.24) is 0 Å². The number of carbonyl (C=O) groups excluding carboxylic acids is 2. The fraction of sp³-hybridized carbons (Fsp3) is 0.179. The first-order valence-corrected chi connectivity index (χ1v) is 11.0. The van der Waals surface area contributed by atoms with Crippen LogP contribution in [0.3, 0.4) is 0 Å². The Bertz CT molecular complexity index is 1420. The van der Waals surface area contributed by atoms with Crippen LogP contribution in [0.25, 0.3) is 5.76 Å². The second kappa shape index (κ2) is 9.84. The molecule has 182 valence electrons. The average Bonchev–Trinajstić information content (AvgIpc) is 3.17. The minimum Gasteiger partial charge on any atom is -0.507 e. The number of ketones is 1. The molecule has 1 unspecified atom stereocenters. The van der Waals surface area contributed by atoms with Crippen LogP contribution in [0.5, 0.6) is 17.2 Å². The summed E-state index contributed by atoms with van der Waals surface area (Å²) in [5, 5.41) is 20.6. The first-order valence-electron chi connectivity index (χ1n) is 11.0. The molecule has 3 aromatic rings. The zero-order chi connectivity index (χ0) is 26.0. The summed E-state index contributed by atoms with van der Waals surface area (Å²) in [7, 11) is 4.48. The highest BCUT2D eigenvalue weighted by molar-refractivity contribution is 6.51. The van der Waals surface area contributed by atoms with Crippen molar-refractivity contribution in [2.24, 2.45) is 0 Å². The minimum absolute atomic E-state index is 0.0934. The average molecular weight is 485 g/mol. The lowest BCUT2D eigenvalue weighted by Crippen LogP contribution is -2.29. The number of nitrogens with zero attached hydrogens (tertiary/aromatic N) is 2. The van der Waals surface area contributed by atoms with Crippen molar-refractivity contribution in [3.8, 4) is 23.3 Å². The molecule has 3 aromatic carbocycles. The van der Waals surface area contributed by atoms with Crippen molar-refractivity contribution in [3.63, 3.8) is 0 Å². The first kappa shape index (κ1) is 24.4. The van der Waals surface area contributed by atoms with Crippen LogP contribution in [0.4, 0.5) is 5.69 Å². The fourth-order valence-electron chi connectivity index (χ4n) is 4.39. The Balaban J connectivity index is 2.01. The van der Waals surface area contributed by atoms with Crippen molar-refractivity contribution in [2.75, 3.05) is 26.2 Å². The SMILES string of the molecule is COc1ccc(/C(O)=C2/C(=O)C(=O)N(c3ccc(C#N)cc3)C2c2cccc(OC)c2OC)c(C)c1. The van der Waals surface area contributed by atoms with Gasteiger partial charge < -0.3 is 19.3 Å². The van der Waals surface area contributed by atoms with Crippen molar-refractivity contribution < 1.29 is 28.9 Å². The van der Waals surface area contributed by atoms with E-state index in [1.54, 1.807) is 67.6 Å². The Kier molecular flexibility index (Phi) is 6.66. The summed E-state index contributed by atoms with van der Waals surface area (Å²) < 4.78 is 16.3. The van der Waals surface area contributed by atoms with Crippen LogP contribution in [0.15, 0.2) is 66.2 Å². The summed E-state index contributed by atoms with van der Waals surface area (Å²) in [6.45, 7) is 1.77. The van der Waals surface area contributed by atoms with Gasteiger partial charge in [-0.1, -0.05) is 12.1 Å². The number of anilines is 1. The van der Waals surface area contributed by atoms with Crippen LogP contribution in [0.2, 0.25) is 0 Å². The number of methoxy groups -OCH3 is 3. The number of hydrogen-bond donors (Lipinski definition) is 1. The quantitative estimate of drug-likeness (QED) is 0.311. The van der Waals surface area contributed by atoms with E-state index in [1.807, 2.05) is 6.07 Å². The molecule has 1 aliphatic rings. The van der Waals surface area contributed by atoms with Crippen molar-refractivity contribution >= 4 is 23.1 Å². The molecule has 1 N–H and O–H groups in total. The third kappa shape index (κ3) is 4.01. The predicted octanol–water partition coefficient (Wildman–Crippen LogP) is 4.52. The monoisotopic (exact) mass is 484 g/mol. The topological polar surface area (TPSA) is 109 Å². The lowest BCUT2D eigenvalue weighted by atomic mass is 9.93. The molecule has 1 aliphatic heterocycles. The molecule has 8 nitrogen and oxygen atoms in total. The maximum Gasteiger partial charge on any atom is 0.300 e. The van der Waals surface area contributed by atoms with E-state index >= 15 is 0 Å². The van der Waals surface area contributed by atoms with Gasteiger partial charge in [-0.05, 0) is 61.0 Å². The smallest absolute Gasteiger partial charge is 0.300 e. The molecule has 0 bridgehead atoms. The number of hydrogen-bond acceptors (Lipinski definition) is 7. The molecule has 8 heteroatoms. The Hall–Kier alpha value is -4.77. The van der Waals surface area contributed by atoms with Crippen molar-refractivity contribution in [3.05, 3.63) is 88.5 Å². The predicted molar refractivity (Wildman–Crippen MR) is 133 cm³/mol. The van der Waals surface area contributed by atoms with Crippen LogP contribution >= 0.6 is 0 Å². The number of aliphatic hydroxyl groups is 1. The zero-order valence-corrected chi connectivity index (χ0v) is 20.2. The maximum atomic E-state index is 13.4. The van der Waals surface area contributed by atoms with E-state index in [1.165, 1.54) is 26.2 Å². The number of Topliss-reactive ketones (excluding diaryl/α,β-unsaturated/α-hetero) is 1. The summed E-state index contributed by atoms with van der Waals surface area (Å²) in [6.07, 6.45) is 0. The van der Waals surface area contributed by atoms with Gasteiger partial charge in [-0.15, -0.1) is 0 Å². The lowest BCUT2D eigenvalue weighted by Gasteiger charge is -2.27. The van der Waals surface area contributed by atoms with Crippen LogP contribution in [-0.4, -0.2) is 38.1 Å². The number of aliphatic hydroxyl groups excluding tert-OH is 1. The largest absolute Gasteiger partial charge is 0.507 e. The molecule has 1 saturated heterocycles. The molecule has 4 rings (SSSR count). The Morgan fingerprint density at radius 3 is 2.28 bits per heavy atom. The summed E-state index contributed by atoms with van der Waals surface area (Å²) in [5.41, 5.74) is 2.20. The van der Waals surface area contributed by atoms with Gasteiger partial charge in [0.2, 0.25) is 0 Å². The molecule has 0 aromatic heterocycles. The van der Waals surface area contributed by atoms with E-state index in [0.717, 1.165) is 0 Å². The standard InChI is InChI=1S/C28H24N2O6/c1-16-14-19(34-2)12-13-20(16)25(31)23-24(21-6-5-7-22(35-3)27(21)36-4)30(28(33)26(23)32)18-10-8-17(15-29)9-11-18/h5-14,24,31H,1-4H3/b25-23-. The summed E-state index contributed by atoms with van der Waals surface area (Å²) >= 11 is 0. The molecule has 36 heavy (non-hydrogen) atoms. The Labute approximate surface area is 208 Å². The molecule has 1 amide bonds. The molecule has 0 spiro atoms. The van der Waals surface area contributed by atoms with Gasteiger partial charge in [0.25, 0.3) is 11.7 Å². The number of carbonyl (C=O) groups is 2. The summed E-state index contributed by atoms with van der Waals surface area (Å²) in [4.78, 5) is 28.1. The van der Waals surface area contributed by atoms with Crippen LogP contribution < -0.4 is 19.1 Å². The molecule has 1 fully saturated rings. The van der Waals surface area contributed by atoms with E-state index in [4.69, 9.17) is 14.2 Å². The van der Waals surface area contributed by atoms with E-state index < -0.39 is 17.7 Å². The molecule has 0 radical (unpaired) electrons. The Morgan fingerprint density at radius 1 is 0.972 bits per heavy atom. The first-order chi connectivity index (χ1) is 17.4. The lowest BCUT2D eigenvalue weighted by molar-refractivity contribution is -0.132. The van der Waals surface area contributed by atoms with Gasteiger partial charge in [0, 0.05) is 16.8 Å². The molecule has 1 atom stereocenters. The van der Waals surface area contributed by atoms with Crippen LogP contribution in [-0.2, 0) is 9.59 Å². The number of nitriles is 1. The van der Waals surface area contributed by atoms with Crippen molar-refractivity contribution in [2.45, 2.75) is 13.0 Å². The fourth-order valence-corrected chi connectivity index (χ4v) is 4.39. The molecule has 0 saturated carbocycles. The third-order valence-corrected chi connectivity index (χ3v) is 6.14. The second-order valence-electron chi connectivity index (χ2n) is 8.09. The number of ether oxygens (including phenoxy) is 3. The number of benzene rings is 3. The highest BCUT2D eigenvalue weighted by Crippen LogP contribution is 2.47. The third-order valence-electron chi connectivity index (χ3n) is 6.14. The van der Waals surface area contributed by atoms with Gasteiger partial charge in [-0.3, -0.25) is 14.5 Å². The number of para-hydroxylation sites is 1. The van der Waals surface area contributed by atoms with E-state index in [9.17, 15) is 20.0 Å². The van der Waals surface area contributed by atoms with Crippen molar-refractivity contribution in [1.29, 1.82) is 5.26 Å². The zero-order valence-electron chi connectivity index (χ0n) is 20.2. The van der Waals surface area contributed by atoms with Gasteiger partial charge in [-0.25, -0.2) is 0 Å². The number of amides is 1. The highest BCUT2D eigenvalue weighted by Gasteiger charge is 2.48. The van der Waals surface area contributed by atoms with Crippen LogP contribution in [0.1, 0.15) is 28.3 Å². The van der Waals surface area contributed by atoms with Gasteiger partial charge in [0.05, 0.1) is 44.6 Å². The van der Waals surface area contributed by atoms with E-state index in [2.05, 4.69) is 0 Å². The molecular weight excluding hydrogens is 460 g/mol. The summed E-state index contributed by atoms with van der Waals surface area (Å²) in [5.74, 6) is -0.666. The summed E-state index contributed by atoms with van der Waals surface area (Å²) in [6, 6.07) is 17.5. The minimum atomic E-state index is -1.02. The Morgan fingerprint density at radius 2 is 1.69 bits per heavy atom. The number of rotatable bonds is 6. The van der Waals surface area contributed by atoms with E-state index in [-0.39, 0.29) is 11.3 Å². The van der Waals surface area contributed by atoms with Crippen LogP contribution in [0, 0.1) is 18.3 Å². The molecular formula is C28H24N2O6. The van der Waals surface area contributed by atoms with Gasteiger partial charge in [0.15, 0.2) is 11.5 Å². The second-order valence-corrected chi connectivity index (χ2v) is 8.09.